The molecule has 9 heteroatoms. The molecule has 0 radical (unpaired) electrons. The van der Waals surface area contributed by atoms with E-state index >= 15 is 0 Å². The maximum absolute atomic E-state index is 13.5. The molecule has 4 rings (SSSR count). The molecule has 7 nitrogen and oxygen atoms in total. The Hall–Kier alpha value is -3.23. The van der Waals surface area contributed by atoms with Crippen LogP contribution < -0.4 is 19.1 Å². The van der Waals surface area contributed by atoms with E-state index in [-0.39, 0.29) is 17.5 Å². The summed E-state index contributed by atoms with van der Waals surface area (Å²) < 4.78 is 39.3. The van der Waals surface area contributed by atoms with Gasteiger partial charge in [-0.3, -0.25) is 9.10 Å². The Kier molecular flexibility index (Phi) is 7.00. The molecule has 0 saturated heterocycles. The lowest BCUT2D eigenvalue weighted by molar-refractivity contribution is -0.128. The Labute approximate surface area is 204 Å². The van der Waals surface area contributed by atoms with Crippen LogP contribution in [-0.2, 0) is 14.8 Å². The van der Waals surface area contributed by atoms with Crippen LogP contribution in [0.4, 0.5) is 5.69 Å². The number of benzene rings is 3. The fourth-order valence-corrected chi connectivity index (χ4v) is 5.42. The zero-order chi connectivity index (χ0) is 24.3. The fraction of sp³-hybridized carbons (Fsp3) is 0.240. The first kappa shape index (κ1) is 23.9. The lowest BCUT2D eigenvalue weighted by Gasteiger charge is -2.35. The minimum absolute atomic E-state index is 0.0810. The van der Waals surface area contributed by atoms with Crippen molar-refractivity contribution in [3.63, 3.8) is 0 Å². The van der Waals surface area contributed by atoms with Crippen LogP contribution in [0.25, 0.3) is 0 Å². The highest BCUT2D eigenvalue weighted by molar-refractivity contribution is 7.92. The molecule has 0 unspecified atom stereocenters. The van der Waals surface area contributed by atoms with Crippen LogP contribution in [0.5, 0.6) is 11.5 Å². The molecule has 0 aromatic heterocycles. The summed E-state index contributed by atoms with van der Waals surface area (Å²) in [4.78, 5) is 13.3. The van der Waals surface area contributed by atoms with Crippen molar-refractivity contribution in [3.05, 3.63) is 83.4 Å². The first-order valence-corrected chi connectivity index (χ1v) is 12.6. The van der Waals surface area contributed by atoms with E-state index in [0.717, 1.165) is 11.3 Å². The first-order chi connectivity index (χ1) is 16.3. The zero-order valence-corrected chi connectivity index (χ0v) is 20.3. The lowest BCUT2D eigenvalue weighted by Crippen LogP contribution is -2.51. The second kappa shape index (κ2) is 9.95. The van der Waals surface area contributed by atoms with E-state index in [9.17, 15) is 13.2 Å². The summed E-state index contributed by atoms with van der Waals surface area (Å²) in [5.41, 5.74) is 1.29. The Morgan fingerprint density at radius 3 is 2.44 bits per heavy atom. The highest BCUT2D eigenvalue weighted by Gasteiger charge is 2.38. The van der Waals surface area contributed by atoms with Crippen LogP contribution in [-0.4, -0.2) is 34.1 Å². The van der Waals surface area contributed by atoms with E-state index < -0.39 is 22.0 Å². The normalized spacial score (nSPS) is 16.2. The molecular formula is C25H25ClN2O5S. The maximum Gasteiger partial charge on any atom is 0.264 e. The molecule has 1 aliphatic heterocycles. The Morgan fingerprint density at radius 2 is 1.79 bits per heavy atom. The second-order valence-corrected chi connectivity index (χ2v) is 10.1. The summed E-state index contributed by atoms with van der Waals surface area (Å²) in [5, 5.41) is 3.43. The van der Waals surface area contributed by atoms with Gasteiger partial charge in [0.1, 0.15) is 11.5 Å². The molecule has 0 bridgehead atoms. The largest absolute Gasteiger partial charge is 0.497 e. The minimum atomic E-state index is -3.95. The summed E-state index contributed by atoms with van der Waals surface area (Å²) in [7, 11) is -2.36. The molecule has 1 aliphatic rings. The molecular weight excluding hydrogens is 476 g/mol. The first-order valence-electron chi connectivity index (χ1n) is 10.8. The quantitative estimate of drug-likeness (QED) is 0.513. The Balaban J connectivity index is 1.60. The van der Waals surface area contributed by atoms with E-state index in [1.54, 1.807) is 31.4 Å². The molecule has 1 amide bonds. The van der Waals surface area contributed by atoms with Crippen molar-refractivity contribution in [1.82, 2.24) is 5.32 Å². The Morgan fingerprint density at radius 1 is 1.12 bits per heavy atom. The van der Waals surface area contributed by atoms with Crippen molar-refractivity contribution >= 4 is 33.2 Å². The summed E-state index contributed by atoms with van der Waals surface area (Å²) in [5.74, 6) is 0.651. The predicted octanol–water partition coefficient (Wildman–Crippen LogP) is 4.57. The molecule has 3 aromatic carbocycles. The summed E-state index contributed by atoms with van der Waals surface area (Å²) in [6.45, 7) is 1.80. The minimum Gasteiger partial charge on any atom is -0.497 e. The number of carbonyl (C=O) groups is 1. The van der Waals surface area contributed by atoms with Crippen LogP contribution >= 0.6 is 11.6 Å². The third-order valence-electron chi connectivity index (χ3n) is 5.67. The number of nitrogens with zero attached hydrogens (tertiary/aromatic N) is 1. The van der Waals surface area contributed by atoms with Crippen LogP contribution in [0.2, 0.25) is 5.02 Å². The number of nitrogens with one attached hydrogen (secondary N) is 1. The third kappa shape index (κ3) is 4.83. The van der Waals surface area contributed by atoms with Gasteiger partial charge in [0.2, 0.25) is 0 Å². The number of fused-ring (bicyclic) bond motifs is 1. The van der Waals surface area contributed by atoms with Crippen molar-refractivity contribution in [2.24, 2.45) is 0 Å². The van der Waals surface area contributed by atoms with Crippen molar-refractivity contribution in [2.45, 2.75) is 30.4 Å². The van der Waals surface area contributed by atoms with E-state index in [1.165, 1.54) is 28.6 Å². The van der Waals surface area contributed by atoms with Gasteiger partial charge in [0.25, 0.3) is 15.9 Å². The van der Waals surface area contributed by atoms with Crippen molar-refractivity contribution in [2.75, 3.05) is 18.0 Å². The summed E-state index contributed by atoms with van der Waals surface area (Å²) >= 11 is 5.93. The number of carbonyl (C=O) groups excluding carboxylic acids is 1. The van der Waals surface area contributed by atoms with E-state index in [4.69, 9.17) is 21.1 Å². The molecule has 0 saturated carbocycles. The average molecular weight is 501 g/mol. The van der Waals surface area contributed by atoms with Crippen LogP contribution in [0.15, 0.2) is 77.7 Å². The number of hydrogen-bond donors (Lipinski definition) is 1. The van der Waals surface area contributed by atoms with Gasteiger partial charge in [0.15, 0.2) is 6.10 Å². The second-order valence-electron chi connectivity index (χ2n) is 7.81. The molecule has 3 aromatic rings. The zero-order valence-electron chi connectivity index (χ0n) is 18.8. The van der Waals surface area contributed by atoms with Gasteiger partial charge in [0.05, 0.1) is 30.3 Å². The van der Waals surface area contributed by atoms with Gasteiger partial charge < -0.3 is 14.8 Å². The third-order valence-corrected chi connectivity index (χ3v) is 7.72. The maximum atomic E-state index is 13.5. The van der Waals surface area contributed by atoms with Crippen LogP contribution in [0.3, 0.4) is 0 Å². The van der Waals surface area contributed by atoms with Gasteiger partial charge in [-0.2, -0.15) is 0 Å². The molecule has 0 spiro atoms. The number of methoxy groups -OCH3 is 1. The van der Waals surface area contributed by atoms with Gasteiger partial charge in [-0.05, 0) is 60.5 Å². The van der Waals surface area contributed by atoms with Gasteiger partial charge in [-0.1, -0.05) is 42.8 Å². The highest BCUT2D eigenvalue weighted by Crippen LogP contribution is 2.37. The number of sulfonamides is 1. The van der Waals surface area contributed by atoms with Crippen molar-refractivity contribution in [1.29, 1.82) is 0 Å². The number of anilines is 1. The summed E-state index contributed by atoms with van der Waals surface area (Å²) in [6, 6.07) is 19.9. The number of hydrogen-bond acceptors (Lipinski definition) is 5. The molecule has 2 atom stereocenters. The SMILES string of the molecule is CC[C@H](NC(=O)[C@@H]1CN(S(=O)(=O)c2ccc(Cl)cc2)c2ccccc2O1)c1ccc(OC)cc1. The fourth-order valence-electron chi connectivity index (χ4n) is 3.82. The molecule has 0 fully saturated rings. The topological polar surface area (TPSA) is 84.9 Å². The van der Waals surface area contributed by atoms with Crippen LogP contribution in [0, 0.1) is 0 Å². The molecule has 1 heterocycles. The van der Waals surface area contributed by atoms with E-state index in [2.05, 4.69) is 5.32 Å². The van der Waals surface area contributed by atoms with Crippen molar-refractivity contribution < 1.29 is 22.7 Å². The van der Waals surface area contributed by atoms with E-state index in [0.29, 0.717) is 22.9 Å². The smallest absolute Gasteiger partial charge is 0.264 e. The lowest BCUT2D eigenvalue weighted by atomic mass is 10.0. The van der Waals surface area contributed by atoms with Gasteiger partial charge in [0, 0.05) is 5.02 Å². The van der Waals surface area contributed by atoms with E-state index in [1.807, 2.05) is 31.2 Å². The summed E-state index contributed by atoms with van der Waals surface area (Å²) in [6.07, 6.45) is -0.377. The van der Waals surface area contributed by atoms with Crippen molar-refractivity contribution in [3.8, 4) is 11.5 Å². The number of para-hydroxylation sites is 2. The standard InChI is InChI=1S/C25H25ClN2O5S/c1-3-21(17-8-12-19(32-2)13-9-17)27-25(29)24-16-28(22-6-4-5-7-23(22)33-24)34(30,31)20-14-10-18(26)11-15-20/h4-15,21,24H,3,16H2,1-2H3,(H,27,29)/t21-,24-/m0/s1. The molecule has 178 valence electrons. The molecule has 0 aliphatic carbocycles. The van der Waals surface area contributed by atoms with Crippen LogP contribution in [0.1, 0.15) is 24.9 Å². The highest BCUT2D eigenvalue weighted by atomic mass is 35.5. The molecule has 34 heavy (non-hydrogen) atoms. The monoisotopic (exact) mass is 500 g/mol. The van der Waals surface area contributed by atoms with Gasteiger partial charge >= 0.3 is 0 Å². The number of ether oxygens (including phenoxy) is 2. The average Bonchev–Trinajstić information content (AvgIpc) is 2.86. The Bertz CT molecular complexity index is 1260. The predicted molar refractivity (Wildman–Crippen MR) is 131 cm³/mol. The van der Waals surface area contributed by atoms with Gasteiger partial charge in [-0.15, -0.1) is 0 Å². The number of halogens is 1. The molecule has 1 N–H and O–H groups in total. The van der Waals surface area contributed by atoms with Gasteiger partial charge in [-0.25, -0.2) is 8.42 Å². The number of rotatable bonds is 7. The number of amides is 1.